The van der Waals surface area contributed by atoms with E-state index in [0.29, 0.717) is 5.57 Å². The maximum absolute atomic E-state index is 12.1. The lowest BCUT2D eigenvalue weighted by atomic mass is 10.1. The molecule has 17 heavy (non-hydrogen) atoms. The van der Waals surface area contributed by atoms with Crippen molar-refractivity contribution in [2.24, 2.45) is 0 Å². The van der Waals surface area contributed by atoms with Crippen molar-refractivity contribution in [2.45, 2.75) is 20.8 Å². The van der Waals surface area contributed by atoms with Gasteiger partial charge in [0.25, 0.3) is 5.91 Å². The van der Waals surface area contributed by atoms with E-state index < -0.39 is 0 Å². The van der Waals surface area contributed by atoms with Gasteiger partial charge in [0.05, 0.1) is 12.2 Å². The lowest BCUT2D eigenvalue weighted by molar-refractivity contribution is -0.114. The summed E-state index contributed by atoms with van der Waals surface area (Å²) < 4.78 is 0. The second kappa shape index (κ2) is 5.36. The van der Waals surface area contributed by atoms with Crippen molar-refractivity contribution in [3.63, 3.8) is 0 Å². The minimum Gasteiger partial charge on any atom is -0.297 e. The Balaban J connectivity index is 3.29. The van der Waals surface area contributed by atoms with Gasteiger partial charge in [0.1, 0.15) is 0 Å². The van der Waals surface area contributed by atoms with Crippen molar-refractivity contribution in [1.82, 2.24) is 0 Å². The predicted octanol–water partition coefficient (Wildman–Crippen LogP) is 2.85. The van der Waals surface area contributed by atoms with Crippen molar-refractivity contribution < 1.29 is 4.79 Å². The van der Waals surface area contributed by atoms with Gasteiger partial charge in [0, 0.05) is 5.57 Å². The summed E-state index contributed by atoms with van der Waals surface area (Å²) in [4.78, 5) is 13.7. The lowest BCUT2D eigenvalue weighted by Crippen LogP contribution is -2.32. The summed E-state index contributed by atoms with van der Waals surface area (Å²) in [6.07, 6.45) is 5.33. The quantitative estimate of drug-likeness (QED) is 0.574. The Kier molecular flexibility index (Phi) is 4.12. The number of carbonyl (C=O) groups is 1. The molecule has 0 saturated heterocycles. The first-order chi connectivity index (χ1) is 7.99. The second-order valence-corrected chi connectivity index (χ2v) is 4.12. The molecule has 1 aromatic carbocycles. The van der Waals surface area contributed by atoms with Crippen molar-refractivity contribution in [1.29, 1.82) is 0 Å². The van der Waals surface area contributed by atoms with Crippen LogP contribution < -0.4 is 4.90 Å². The highest BCUT2D eigenvalue weighted by atomic mass is 16.2. The molecule has 0 bridgehead atoms. The molecule has 0 aliphatic rings. The zero-order valence-electron chi connectivity index (χ0n) is 10.6. The number of hydrogen-bond donors (Lipinski definition) is 0. The topological polar surface area (TPSA) is 20.3 Å². The molecule has 2 nitrogen and oxygen atoms in total. The van der Waals surface area contributed by atoms with Gasteiger partial charge in [-0.05, 0) is 31.9 Å². The summed E-state index contributed by atoms with van der Waals surface area (Å²) in [5, 5.41) is 0. The summed E-state index contributed by atoms with van der Waals surface area (Å²) in [7, 11) is 0. The number of anilines is 1. The molecule has 0 heterocycles. The minimum absolute atomic E-state index is 0.125. The monoisotopic (exact) mass is 227 g/mol. The highest BCUT2D eigenvalue weighted by molar-refractivity contribution is 6.05. The minimum atomic E-state index is -0.125. The van der Waals surface area contributed by atoms with Crippen molar-refractivity contribution >= 4 is 11.6 Å². The van der Waals surface area contributed by atoms with E-state index in [0.717, 1.165) is 16.8 Å². The molecule has 1 rings (SSSR count). The first-order valence-corrected chi connectivity index (χ1v) is 5.46. The third-order valence-electron chi connectivity index (χ3n) is 2.57. The van der Waals surface area contributed by atoms with E-state index in [1.54, 1.807) is 11.8 Å². The van der Waals surface area contributed by atoms with Gasteiger partial charge in [0.15, 0.2) is 0 Å². The number of amides is 1. The molecule has 0 radical (unpaired) electrons. The molecule has 0 N–H and O–H groups in total. The van der Waals surface area contributed by atoms with E-state index in [2.05, 4.69) is 12.5 Å². The fourth-order valence-electron chi connectivity index (χ4n) is 1.81. The molecular formula is C15H17NO. The summed E-state index contributed by atoms with van der Waals surface area (Å²) in [6, 6.07) is 5.91. The van der Waals surface area contributed by atoms with Crippen molar-refractivity contribution in [2.75, 3.05) is 11.4 Å². The molecule has 0 aliphatic heterocycles. The first-order valence-electron chi connectivity index (χ1n) is 5.46. The molecule has 0 atom stereocenters. The third kappa shape index (κ3) is 2.76. The van der Waals surface area contributed by atoms with Crippen LogP contribution in [0.25, 0.3) is 0 Å². The SMILES string of the molecule is C#CCN(C(=O)C(=C)C)c1c(C)cccc1C. The standard InChI is InChI=1S/C15H17NO/c1-6-10-16(15(17)11(2)3)14-12(4)8-7-9-13(14)5/h1,7-9H,2,10H2,3-5H3. The predicted molar refractivity (Wildman–Crippen MR) is 71.9 cm³/mol. The Morgan fingerprint density at radius 3 is 2.35 bits per heavy atom. The Bertz CT molecular complexity index is 474. The van der Waals surface area contributed by atoms with E-state index in [4.69, 9.17) is 6.42 Å². The van der Waals surface area contributed by atoms with E-state index in [1.165, 1.54) is 0 Å². The van der Waals surface area contributed by atoms with Crippen LogP contribution in [0.4, 0.5) is 5.69 Å². The number of benzene rings is 1. The second-order valence-electron chi connectivity index (χ2n) is 4.12. The molecule has 1 aromatic rings. The summed E-state index contributed by atoms with van der Waals surface area (Å²) >= 11 is 0. The largest absolute Gasteiger partial charge is 0.297 e. The van der Waals surface area contributed by atoms with Crippen LogP contribution in [0.2, 0.25) is 0 Å². The summed E-state index contributed by atoms with van der Waals surface area (Å²) in [5.74, 6) is 2.40. The van der Waals surface area contributed by atoms with E-state index in [9.17, 15) is 4.79 Å². The van der Waals surface area contributed by atoms with Crippen LogP contribution in [0.15, 0.2) is 30.4 Å². The number of para-hydroxylation sites is 1. The number of carbonyl (C=O) groups excluding carboxylic acids is 1. The Morgan fingerprint density at radius 1 is 1.41 bits per heavy atom. The normalized spacial score (nSPS) is 9.53. The van der Waals surface area contributed by atoms with Gasteiger partial charge < -0.3 is 0 Å². The fraction of sp³-hybridized carbons (Fsp3) is 0.267. The van der Waals surface area contributed by atoms with E-state index >= 15 is 0 Å². The fourth-order valence-corrected chi connectivity index (χ4v) is 1.81. The molecular weight excluding hydrogens is 210 g/mol. The number of hydrogen-bond acceptors (Lipinski definition) is 1. The van der Waals surface area contributed by atoms with Gasteiger partial charge >= 0.3 is 0 Å². The molecule has 1 amide bonds. The zero-order chi connectivity index (χ0) is 13.0. The molecule has 0 spiro atoms. The first kappa shape index (κ1) is 13.1. The summed E-state index contributed by atoms with van der Waals surface area (Å²) in [5.41, 5.74) is 3.45. The smallest absolute Gasteiger partial charge is 0.254 e. The van der Waals surface area contributed by atoms with Crippen LogP contribution in [-0.4, -0.2) is 12.5 Å². The van der Waals surface area contributed by atoms with Crippen molar-refractivity contribution in [3.05, 3.63) is 41.5 Å². The molecule has 0 unspecified atom stereocenters. The Morgan fingerprint density at radius 2 is 1.94 bits per heavy atom. The number of aryl methyl sites for hydroxylation is 2. The maximum Gasteiger partial charge on any atom is 0.254 e. The summed E-state index contributed by atoms with van der Waals surface area (Å²) in [6.45, 7) is 9.58. The molecule has 0 saturated carbocycles. The van der Waals surface area contributed by atoms with Crippen LogP contribution in [0, 0.1) is 26.2 Å². The van der Waals surface area contributed by atoms with Gasteiger partial charge in [-0.3, -0.25) is 9.69 Å². The number of rotatable bonds is 3. The van der Waals surface area contributed by atoms with E-state index in [-0.39, 0.29) is 12.5 Å². The maximum atomic E-state index is 12.1. The average molecular weight is 227 g/mol. The number of terminal acetylenes is 1. The van der Waals surface area contributed by atoms with Crippen LogP contribution in [0.5, 0.6) is 0 Å². The van der Waals surface area contributed by atoms with Crippen LogP contribution in [0.1, 0.15) is 18.1 Å². The molecule has 2 heteroatoms. The van der Waals surface area contributed by atoms with Gasteiger partial charge in [-0.2, -0.15) is 0 Å². The van der Waals surface area contributed by atoms with Crippen molar-refractivity contribution in [3.8, 4) is 12.3 Å². The Labute approximate surface area is 103 Å². The molecule has 88 valence electrons. The molecule has 0 fully saturated rings. The van der Waals surface area contributed by atoms with E-state index in [1.807, 2.05) is 32.0 Å². The van der Waals surface area contributed by atoms with Gasteiger partial charge in [-0.15, -0.1) is 6.42 Å². The third-order valence-corrected chi connectivity index (χ3v) is 2.57. The lowest BCUT2D eigenvalue weighted by Gasteiger charge is -2.24. The molecule has 0 aromatic heterocycles. The highest BCUT2D eigenvalue weighted by Gasteiger charge is 2.18. The average Bonchev–Trinajstić information content (AvgIpc) is 2.26. The Hall–Kier alpha value is -2.01. The van der Waals surface area contributed by atoms with Gasteiger partial charge in [-0.1, -0.05) is 30.7 Å². The van der Waals surface area contributed by atoms with Gasteiger partial charge in [-0.25, -0.2) is 0 Å². The van der Waals surface area contributed by atoms with Crippen LogP contribution in [0.3, 0.4) is 0 Å². The number of nitrogens with zero attached hydrogens (tertiary/aromatic N) is 1. The highest BCUT2D eigenvalue weighted by Crippen LogP contribution is 2.25. The zero-order valence-corrected chi connectivity index (χ0v) is 10.6. The van der Waals surface area contributed by atoms with Gasteiger partial charge in [0.2, 0.25) is 0 Å². The van der Waals surface area contributed by atoms with Crippen LogP contribution >= 0.6 is 0 Å². The molecule has 0 aliphatic carbocycles. The van der Waals surface area contributed by atoms with Crippen LogP contribution in [-0.2, 0) is 4.79 Å².